The van der Waals surface area contributed by atoms with Crippen LogP contribution in [0.25, 0.3) is 10.9 Å². The summed E-state index contributed by atoms with van der Waals surface area (Å²) in [5.41, 5.74) is 2.02. The van der Waals surface area contributed by atoms with Crippen LogP contribution in [0.4, 0.5) is 24.5 Å². The molecule has 2 fully saturated rings. The fourth-order valence-corrected chi connectivity index (χ4v) is 6.57. The highest BCUT2D eigenvalue weighted by Gasteiger charge is 2.31. The van der Waals surface area contributed by atoms with Crippen LogP contribution in [0, 0.1) is 11.8 Å². The second-order valence-electron chi connectivity index (χ2n) is 10.9. The molecule has 1 aromatic heterocycles. The molecule has 5 rings (SSSR count). The number of alkyl halides is 3. The minimum Gasteiger partial charge on any atom is -0.495 e. The van der Waals surface area contributed by atoms with Crippen molar-refractivity contribution < 1.29 is 26.3 Å². The molecule has 0 radical (unpaired) electrons. The number of nitrogens with zero attached hydrogens (tertiary/aromatic N) is 2. The van der Waals surface area contributed by atoms with Gasteiger partial charge < -0.3 is 24.8 Å². The number of methoxy groups -OCH3 is 1. The largest absolute Gasteiger partial charge is 0.495 e. The zero-order chi connectivity index (χ0) is 29.9. The lowest BCUT2D eigenvalue weighted by Gasteiger charge is -2.35. The van der Waals surface area contributed by atoms with Crippen LogP contribution in [0.15, 0.2) is 47.4 Å². The van der Waals surface area contributed by atoms with Gasteiger partial charge in [-0.3, -0.25) is 0 Å². The Kier molecular flexibility index (Phi) is 8.92. The summed E-state index contributed by atoms with van der Waals surface area (Å²) < 4.78 is 70.5. The molecule has 2 aromatic carbocycles. The molecule has 226 valence electrons. The van der Waals surface area contributed by atoms with E-state index < -0.39 is 22.7 Å². The monoisotopic (exact) mass is 603 g/mol. The first kappa shape index (κ1) is 30.1. The number of anilines is 2. The van der Waals surface area contributed by atoms with Gasteiger partial charge in [-0.05, 0) is 87.9 Å². The molecule has 42 heavy (non-hydrogen) atoms. The van der Waals surface area contributed by atoms with Crippen molar-refractivity contribution in [3.05, 3.63) is 48.2 Å². The van der Waals surface area contributed by atoms with Crippen LogP contribution in [0.2, 0.25) is 0 Å². The van der Waals surface area contributed by atoms with E-state index in [-0.39, 0.29) is 28.9 Å². The number of likely N-dealkylation sites (tertiary alicyclic amines) is 1. The second-order valence-corrected chi connectivity index (χ2v) is 12.5. The Labute approximate surface area is 244 Å². The Hall–Kier alpha value is -3.40. The third-order valence-electron chi connectivity index (χ3n) is 8.08. The molecular weight excluding hydrogens is 567 g/mol. The van der Waals surface area contributed by atoms with Crippen molar-refractivity contribution >= 4 is 32.3 Å². The predicted molar refractivity (Wildman–Crippen MR) is 158 cm³/mol. The lowest BCUT2D eigenvalue weighted by atomic mass is 9.90. The SMILES string of the molecule is COc1cc(S(N)(=O)=O)ccc1NCC#Cc1cc2c(NC3CCC(N4CCCC4)CC3)cccc2n1CC(F)(F)F. The molecule has 2 aliphatic rings. The van der Waals surface area contributed by atoms with Crippen molar-refractivity contribution in [1.29, 1.82) is 0 Å². The molecule has 8 nitrogen and oxygen atoms in total. The molecule has 0 atom stereocenters. The summed E-state index contributed by atoms with van der Waals surface area (Å²) in [7, 11) is -2.51. The van der Waals surface area contributed by atoms with Crippen LogP contribution in [0.3, 0.4) is 0 Å². The quantitative estimate of drug-likeness (QED) is 0.308. The molecule has 1 saturated carbocycles. The summed E-state index contributed by atoms with van der Waals surface area (Å²) in [4.78, 5) is 2.50. The average Bonchev–Trinajstić information content (AvgIpc) is 3.60. The first-order chi connectivity index (χ1) is 20.0. The molecule has 12 heteroatoms. The van der Waals surface area contributed by atoms with Gasteiger partial charge in [-0.2, -0.15) is 13.2 Å². The molecule has 3 aromatic rings. The number of nitrogens with two attached hydrogens (primary N) is 1. The van der Waals surface area contributed by atoms with Gasteiger partial charge in [-0.1, -0.05) is 12.0 Å². The standard InChI is InChI=1S/C30H36F3N5O3S/c1-41-29-19-24(42(34,39)40)13-14-27(29)35-15-5-6-23-18-25-26(7-4-8-28(25)38(23)20-30(31,32)33)36-21-9-11-22(12-10-21)37-16-2-3-17-37/h4,7-8,13-14,18-19,21-22,35-36H,2-3,9-12,15-17,20H2,1H3,(H2,34,39,40). The average molecular weight is 604 g/mol. The number of nitrogens with one attached hydrogen (secondary N) is 2. The zero-order valence-electron chi connectivity index (χ0n) is 23.5. The first-order valence-corrected chi connectivity index (χ1v) is 15.7. The maximum Gasteiger partial charge on any atom is 0.406 e. The lowest BCUT2D eigenvalue weighted by molar-refractivity contribution is -0.140. The molecule has 0 spiro atoms. The number of halogens is 3. The fraction of sp³-hybridized carbons (Fsp3) is 0.467. The molecule has 1 aliphatic heterocycles. The second kappa shape index (κ2) is 12.5. The number of ether oxygens (including phenoxy) is 1. The normalized spacial score (nSPS) is 19.8. The third kappa shape index (κ3) is 7.14. The van der Waals surface area contributed by atoms with Gasteiger partial charge in [-0.25, -0.2) is 13.6 Å². The summed E-state index contributed by atoms with van der Waals surface area (Å²) in [6.45, 7) is 1.31. The number of hydrogen-bond acceptors (Lipinski definition) is 6. The first-order valence-electron chi connectivity index (χ1n) is 14.1. The maximum absolute atomic E-state index is 13.6. The number of sulfonamides is 1. The Morgan fingerprint density at radius 2 is 1.79 bits per heavy atom. The van der Waals surface area contributed by atoms with Crippen molar-refractivity contribution in [2.45, 2.75) is 68.2 Å². The van der Waals surface area contributed by atoms with E-state index in [0.29, 0.717) is 22.6 Å². The van der Waals surface area contributed by atoms with E-state index in [2.05, 4.69) is 27.4 Å². The van der Waals surface area contributed by atoms with E-state index in [1.807, 2.05) is 6.07 Å². The minimum absolute atomic E-state index is 0.0873. The molecule has 2 heterocycles. The molecule has 0 unspecified atom stereocenters. The Balaban J connectivity index is 1.34. The van der Waals surface area contributed by atoms with E-state index in [0.717, 1.165) is 31.4 Å². The highest BCUT2D eigenvalue weighted by atomic mass is 32.2. The van der Waals surface area contributed by atoms with Crippen LogP contribution in [-0.4, -0.2) is 62.9 Å². The van der Waals surface area contributed by atoms with Gasteiger partial charge in [0.15, 0.2) is 0 Å². The minimum atomic E-state index is -4.42. The van der Waals surface area contributed by atoms with Crippen molar-refractivity contribution in [2.24, 2.45) is 5.14 Å². The van der Waals surface area contributed by atoms with Gasteiger partial charge in [-0.15, -0.1) is 0 Å². The van der Waals surface area contributed by atoms with Crippen LogP contribution in [-0.2, 0) is 16.6 Å². The van der Waals surface area contributed by atoms with E-state index in [4.69, 9.17) is 9.88 Å². The number of primary sulfonamides is 1. The highest BCUT2D eigenvalue weighted by molar-refractivity contribution is 7.89. The lowest BCUT2D eigenvalue weighted by Crippen LogP contribution is -2.38. The maximum atomic E-state index is 13.6. The van der Waals surface area contributed by atoms with Gasteiger partial charge in [0.1, 0.15) is 12.3 Å². The van der Waals surface area contributed by atoms with E-state index in [1.165, 1.54) is 55.8 Å². The van der Waals surface area contributed by atoms with Gasteiger partial charge in [0.05, 0.1) is 35.4 Å². The third-order valence-corrected chi connectivity index (χ3v) is 8.99. The topological polar surface area (TPSA) is 102 Å². The molecule has 1 aliphatic carbocycles. The molecule has 1 saturated heterocycles. The number of benzene rings is 2. The van der Waals surface area contributed by atoms with E-state index in [9.17, 15) is 21.6 Å². The van der Waals surface area contributed by atoms with Gasteiger partial charge in [0, 0.05) is 29.2 Å². The Morgan fingerprint density at radius 3 is 2.45 bits per heavy atom. The van der Waals surface area contributed by atoms with Gasteiger partial charge in [0.2, 0.25) is 10.0 Å². The van der Waals surface area contributed by atoms with Crippen LogP contribution in [0.1, 0.15) is 44.2 Å². The van der Waals surface area contributed by atoms with Gasteiger partial charge >= 0.3 is 6.18 Å². The summed E-state index contributed by atoms with van der Waals surface area (Å²) in [5.74, 6) is 6.04. The van der Waals surface area contributed by atoms with Gasteiger partial charge in [0.25, 0.3) is 0 Å². The summed E-state index contributed by atoms with van der Waals surface area (Å²) in [6.07, 6.45) is 2.44. The molecule has 0 amide bonds. The molecular formula is C30H36F3N5O3S. The summed E-state index contributed by atoms with van der Waals surface area (Å²) in [5, 5.41) is 12.5. The Morgan fingerprint density at radius 1 is 1.05 bits per heavy atom. The number of aromatic nitrogens is 1. The van der Waals surface area contributed by atoms with Crippen molar-refractivity contribution in [1.82, 2.24) is 9.47 Å². The predicted octanol–water partition coefficient (Wildman–Crippen LogP) is 5.14. The fourth-order valence-electron chi connectivity index (χ4n) is 6.04. The number of rotatable bonds is 8. The van der Waals surface area contributed by atoms with Crippen LogP contribution < -0.4 is 20.5 Å². The zero-order valence-corrected chi connectivity index (χ0v) is 24.3. The van der Waals surface area contributed by atoms with Crippen molar-refractivity contribution in [3.63, 3.8) is 0 Å². The smallest absolute Gasteiger partial charge is 0.406 e. The highest BCUT2D eigenvalue weighted by Crippen LogP contribution is 2.33. The van der Waals surface area contributed by atoms with Crippen molar-refractivity contribution in [2.75, 3.05) is 37.4 Å². The molecule has 0 bridgehead atoms. The summed E-state index contributed by atoms with van der Waals surface area (Å²) >= 11 is 0. The van der Waals surface area contributed by atoms with Crippen LogP contribution in [0.5, 0.6) is 5.75 Å². The van der Waals surface area contributed by atoms with Crippen LogP contribution >= 0.6 is 0 Å². The van der Waals surface area contributed by atoms with E-state index >= 15 is 0 Å². The summed E-state index contributed by atoms with van der Waals surface area (Å²) in [6, 6.07) is 12.1. The number of hydrogen-bond donors (Lipinski definition) is 3. The molecule has 4 N–H and O–H groups in total. The van der Waals surface area contributed by atoms with E-state index in [1.54, 1.807) is 18.2 Å². The van der Waals surface area contributed by atoms with Crippen molar-refractivity contribution in [3.8, 4) is 17.6 Å². The Bertz CT molecular complexity index is 1580. The number of fused-ring (bicyclic) bond motifs is 1.